The number of nitrogens with one attached hydrogen (secondary N) is 1. The minimum Gasteiger partial charge on any atom is -0.486 e. The second kappa shape index (κ2) is 7.23. The summed E-state index contributed by atoms with van der Waals surface area (Å²) in [6.45, 7) is 1.00. The van der Waals surface area contributed by atoms with E-state index >= 15 is 0 Å². The van der Waals surface area contributed by atoms with Crippen LogP contribution < -0.4 is 14.8 Å². The molecule has 0 atom stereocenters. The maximum absolute atomic E-state index is 12.8. The van der Waals surface area contributed by atoms with Crippen molar-refractivity contribution in [2.45, 2.75) is 4.90 Å². The van der Waals surface area contributed by atoms with E-state index in [0.29, 0.717) is 30.4 Å². The van der Waals surface area contributed by atoms with Crippen molar-refractivity contribution in [3.63, 3.8) is 0 Å². The minimum absolute atomic E-state index is 0.156. The molecule has 0 fully saturated rings. The van der Waals surface area contributed by atoms with Crippen LogP contribution in [0.3, 0.4) is 0 Å². The van der Waals surface area contributed by atoms with Crippen LogP contribution in [0.25, 0.3) is 0 Å². The summed E-state index contributed by atoms with van der Waals surface area (Å²) >= 11 is 4.75. The quantitative estimate of drug-likeness (QED) is 0.789. The highest BCUT2D eigenvalue weighted by molar-refractivity contribution is 9.10. The van der Waals surface area contributed by atoms with Crippen LogP contribution in [0.2, 0.25) is 0 Å². The van der Waals surface area contributed by atoms with Gasteiger partial charge in [0.05, 0.1) is 11.4 Å². The Labute approximate surface area is 145 Å². The highest BCUT2D eigenvalue weighted by Gasteiger charge is 2.16. The highest BCUT2D eigenvalue weighted by Crippen LogP contribution is 2.38. The van der Waals surface area contributed by atoms with Crippen LogP contribution >= 0.6 is 27.7 Å². The lowest BCUT2D eigenvalue weighted by atomic mass is 10.2. The average molecular weight is 398 g/mol. The van der Waals surface area contributed by atoms with Crippen molar-refractivity contribution in [3.05, 3.63) is 46.7 Å². The van der Waals surface area contributed by atoms with Gasteiger partial charge in [-0.2, -0.15) is 0 Å². The average Bonchev–Trinajstić information content (AvgIpc) is 2.55. The van der Waals surface area contributed by atoms with Crippen LogP contribution in [0.4, 0.5) is 10.1 Å². The second-order valence-corrected chi connectivity index (χ2v) is 6.67. The number of rotatable bonds is 4. The molecule has 1 aliphatic rings. The molecule has 2 aromatic carbocycles. The summed E-state index contributed by atoms with van der Waals surface area (Å²) in [6, 6.07) is 9.55. The molecule has 23 heavy (non-hydrogen) atoms. The minimum atomic E-state index is -0.293. The Bertz CT molecular complexity index is 724. The normalized spacial score (nSPS) is 12.8. The standard InChI is InChI=1S/C16H13BrFNO3S/c17-12-7-14-15(22-6-5-21-14)8-13(12)19-16(20)9-23-11-3-1-10(18)2-4-11/h1-4,7-8H,5-6,9H2,(H,19,20). The van der Waals surface area contributed by atoms with Gasteiger partial charge in [0.25, 0.3) is 0 Å². The summed E-state index contributed by atoms with van der Waals surface area (Å²) in [7, 11) is 0. The van der Waals surface area contributed by atoms with E-state index in [-0.39, 0.29) is 17.5 Å². The van der Waals surface area contributed by atoms with Gasteiger partial charge in [-0.1, -0.05) is 0 Å². The van der Waals surface area contributed by atoms with Crippen molar-refractivity contribution < 1.29 is 18.7 Å². The fraction of sp³-hybridized carbons (Fsp3) is 0.188. The van der Waals surface area contributed by atoms with Gasteiger partial charge in [0.1, 0.15) is 19.0 Å². The van der Waals surface area contributed by atoms with E-state index in [4.69, 9.17) is 9.47 Å². The monoisotopic (exact) mass is 397 g/mol. The van der Waals surface area contributed by atoms with Gasteiger partial charge in [-0.05, 0) is 40.2 Å². The molecule has 1 N–H and O–H groups in total. The largest absolute Gasteiger partial charge is 0.486 e. The Morgan fingerprint density at radius 2 is 1.83 bits per heavy atom. The molecule has 0 radical (unpaired) electrons. The zero-order valence-corrected chi connectivity index (χ0v) is 14.4. The zero-order valence-electron chi connectivity index (χ0n) is 12.0. The van der Waals surface area contributed by atoms with E-state index in [1.54, 1.807) is 24.3 Å². The van der Waals surface area contributed by atoms with Crippen molar-refractivity contribution in [1.82, 2.24) is 0 Å². The van der Waals surface area contributed by atoms with Crippen molar-refractivity contribution in [2.75, 3.05) is 24.3 Å². The molecule has 7 heteroatoms. The summed E-state index contributed by atoms with van der Waals surface area (Å²) in [4.78, 5) is 12.9. The molecule has 0 saturated carbocycles. The van der Waals surface area contributed by atoms with Gasteiger partial charge in [0.15, 0.2) is 11.5 Å². The van der Waals surface area contributed by atoms with Crippen LogP contribution in [0, 0.1) is 5.82 Å². The number of benzene rings is 2. The molecule has 0 spiro atoms. The summed E-state index contributed by atoms with van der Waals surface area (Å²) < 4.78 is 24.5. The predicted molar refractivity (Wildman–Crippen MR) is 90.9 cm³/mol. The molecule has 3 rings (SSSR count). The van der Waals surface area contributed by atoms with E-state index in [1.807, 2.05) is 0 Å². The number of thioether (sulfide) groups is 1. The first-order valence-electron chi connectivity index (χ1n) is 6.89. The smallest absolute Gasteiger partial charge is 0.234 e. The van der Waals surface area contributed by atoms with Crippen molar-refractivity contribution in [2.24, 2.45) is 0 Å². The highest BCUT2D eigenvalue weighted by atomic mass is 79.9. The molecule has 1 amide bonds. The Kier molecular flexibility index (Phi) is 5.07. The Hall–Kier alpha value is -1.73. The van der Waals surface area contributed by atoms with Crippen LogP contribution in [-0.2, 0) is 4.79 Å². The third-order valence-electron chi connectivity index (χ3n) is 3.09. The zero-order chi connectivity index (χ0) is 16.2. The molecule has 0 saturated heterocycles. The third kappa shape index (κ3) is 4.17. The number of hydrogen-bond donors (Lipinski definition) is 1. The van der Waals surface area contributed by atoms with Gasteiger partial charge in [-0.15, -0.1) is 11.8 Å². The van der Waals surface area contributed by atoms with Crippen LogP contribution in [0.5, 0.6) is 11.5 Å². The number of amides is 1. The van der Waals surface area contributed by atoms with Crippen LogP contribution in [-0.4, -0.2) is 24.9 Å². The fourth-order valence-corrected chi connectivity index (χ4v) is 3.15. The van der Waals surface area contributed by atoms with E-state index < -0.39 is 0 Å². The fourth-order valence-electron chi connectivity index (χ4n) is 2.03. The summed E-state index contributed by atoms with van der Waals surface area (Å²) in [6.07, 6.45) is 0. The Morgan fingerprint density at radius 3 is 2.52 bits per heavy atom. The van der Waals surface area contributed by atoms with Gasteiger partial charge in [0.2, 0.25) is 5.91 Å². The lowest BCUT2D eigenvalue weighted by Gasteiger charge is -2.20. The molecular formula is C16H13BrFNO3S. The van der Waals surface area contributed by atoms with E-state index in [1.165, 1.54) is 23.9 Å². The molecule has 0 unspecified atom stereocenters. The maximum atomic E-state index is 12.8. The van der Waals surface area contributed by atoms with Gasteiger partial charge >= 0.3 is 0 Å². The number of fused-ring (bicyclic) bond motifs is 1. The predicted octanol–water partition coefficient (Wildman–Crippen LogP) is 4.09. The van der Waals surface area contributed by atoms with Crippen molar-refractivity contribution >= 4 is 39.3 Å². The molecule has 2 aromatic rings. The molecule has 0 aromatic heterocycles. The topological polar surface area (TPSA) is 47.6 Å². The van der Waals surface area contributed by atoms with Crippen molar-refractivity contribution in [3.8, 4) is 11.5 Å². The van der Waals surface area contributed by atoms with Gasteiger partial charge in [0, 0.05) is 21.5 Å². The first-order valence-corrected chi connectivity index (χ1v) is 8.67. The number of hydrogen-bond acceptors (Lipinski definition) is 4. The number of carbonyl (C=O) groups excluding carboxylic acids is 1. The number of ether oxygens (including phenoxy) is 2. The Balaban J connectivity index is 1.62. The third-order valence-corrected chi connectivity index (χ3v) is 4.76. The molecule has 4 nitrogen and oxygen atoms in total. The second-order valence-electron chi connectivity index (χ2n) is 4.77. The molecule has 120 valence electrons. The van der Waals surface area contributed by atoms with E-state index in [9.17, 15) is 9.18 Å². The summed E-state index contributed by atoms with van der Waals surface area (Å²) in [5.74, 6) is 1.05. The molecule has 1 aliphatic heterocycles. The SMILES string of the molecule is O=C(CSc1ccc(F)cc1)Nc1cc2c(cc1Br)OCCO2. The van der Waals surface area contributed by atoms with E-state index in [0.717, 1.165) is 9.37 Å². The van der Waals surface area contributed by atoms with Gasteiger partial charge in [-0.3, -0.25) is 4.79 Å². The molecule has 0 bridgehead atoms. The first kappa shape index (κ1) is 16.1. The lowest BCUT2D eigenvalue weighted by Crippen LogP contribution is -2.17. The van der Waals surface area contributed by atoms with Gasteiger partial charge < -0.3 is 14.8 Å². The van der Waals surface area contributed by atoms with Crippen LogP contribution in [0.1, 0.15) is 0 Å². The first-order chi connectivity index (χ1) is 11.1. The van der Waals surface area contributed by atoms with Crippen molar-refractivity contribution in [1.29, 1.82) is 0 Å². The summed E-state index contributed by atoms with van der Waals surface area (Å²) in [5, 5.41) is 2.83. The maximum Gasteiger partial charge on any atom is 0.234 e. The van der Waals surface area contributed by atoms with Crippen LogP contribution in [0.15, 0.2) is 45.8 Å². The number of carbonyl (C=O) groups is 1. The number of anilines is 1. The Morgan fingerprint density at radius 1 is 1.17 bits per heavy atom. The lowest BCUT2D eigenvalue weighted by molar-refractivity contribution is -0.113. The summed E-state index contributed by atoms with van der Waals surface area (Å²) in [5.41, 5.74) is 0.624. The van der Waals surface area contributed by atoms with Gasteiger partial charge in [-0.25, -0.2) is 4.39 Å². The molecule has 0 aliphatic carbocycles. The molecule has 1 heterocycles. The molecular weight excluding hydrogens is 385 g/mol. The van der Waals surface area contributed by atoms with E-state index in [2.05, 4.69) is 21.2 Å². The number of halogens is 2.